The van der Waals surface area contributed by atoms with Crippen molar-refractivity contribution in [2.45, 2.75) is 70.1 Å². The molecule has 1 aromatic heterocycles. The van der Waals surface area contributed by atoms with Crippen LogP contribution in [0.2, 0.25) is 0 Å². The minimum atomic E-state index is -3.46. The fourth-order valence-electron chi connectivity index (χ4n) is 4.06. The number of hydrogen-bond donors (Lipinski definition) is 3. The van der Waals surface area contributed by atoms with Gasteiger partial charge in [0, 0.05) is 0 Å². The molecule has 10 heteroatoms. The zero-order valence-corrected chi connectivity index (χ0v) is 19.3. The van der Waals surface area contributed by atoms with Crippen LogP contribution < -0.4 is 10.0 Å². The first kappa shape index (κ1) is 24.2. The molecule has 176 valence electrons. The highest BCUT2D eigenvalue weighted by atomic mass is 32.2. The van der Waals surface area contributed by atoms with Crippen molar-refractivity contribution in [3.63, 3.8) is 0 Å². The van der Waals surface area contributed by atoms with Crippen molar-refractivity contribution in [2.75, 3.05) is 6.26 Å². The molecule has 9 nitrogen and oxygen atoms in total. The van der Waals surface area contributed by atoms with Crippen LogP contribution in [0.4, 0.5) is 0 Å². The molecule has 0 radical (unpaired) electrons. The van der Waals surface area contributed by atoms with Crippen LogP contribution in [0.3, 0.4) is 0 Å². The smallest absolute Gasteiger partial charge is 0.245 e. The molecule has 2 aromatic rings. The summed E-state index contributed by atoms with van der Waals surface area (Å²) in [6, 6.07) is 5.83. The number of aliphatic hydroxyl groups excluding tert-OH is 1. The van der Waals surface area contributed by atoms with Gasteiger partial charge in [-0.1, -0.05) is 51.2 Å². The Morgan fingerprint density at radius 3 is 2.69 bits per heavy atom. The highest BCUT2D eigenvalue weighted by molar-refractivity contribution is 7.89. The topological polar surface area (TPSA) is 134 Å². The van der Waals surface area contributed by atoms with Crippen molar-refractivity contribution < 1.29 is 22.7 Å². The maximum absolute atomic E-state index is 13.1. The van der Waals surface area contributed by atoms with Crippen molar-refractivity contribution in [3.8, 4) is 0 Å². The molecule has 1 saturated carbocycles. The normalized spacial score (nSPS) is 18.5. The fraction of sp³-hybridized carbons (Fsp3) is 0.591. The monoisotopic (exact) mass is 464 g/mol. The van der Waals surface area contributed by atoms with Crippen LogP contribution in [0.15, 0.2) is 33.7 Å². The standard InChI is InChI=1S/C22H32N4O5S/c1-3-16(20(27)22-26-17-11-7-8-12-19(17)31-22)25-21(28)18(23-14-24-32(2,29)30)13-15-9-5-4-6-10-15/h7-8,11-12,14-16,18,20,27H,3-6,9-10,13H2,1-2H3,(H,23,24)(H,25,28). The Morgan fingerprint density at radius 2 is 2.03 bits per heavy atom. The second-order valence-electron chi connectivity index (χ2n) is 8.41. The average Bonchev–Trinajstić information content (AvgIpc) is 3.20. The van der Waals surface area contributed by atoms with Crippen LogP contribution >= 0.6 is 0 Å². The number of carbonyl (C=O) groups excluding carboxylic acids is 1. The third-order valence-corrected chi connectivity index (χ3v) is 6.35. The summed E-state index contributed by atoms with van der Waals surface area (Å²) in [6.45, 7) is 1.85. The lowest BCUT2D eigenvalue weighted by molar-refractivity contribution is -0.124. The van der Waals surface area contributed by atoms with Crippen LogP contribution in [0.1, 0.15) is 63.9 Å². The van der Waals surface area contributed by atoms with E-state index in [1.54, 1.807) is 12.1 Å². The molecule has 3 atom stereocenters. The molecule has 0 saturated heterocycles. The number of nitrogens with one attached hydrogen (secondary N) is 2. The Kier molecular flexibility index (Phi) is 8.25. The fourth-order valence-corrected chi connectivity index (χ4v) is 4.31. The van der Waals surface area contributed by atoms with Crippen LogP contribution in [-0.4, -0.2) is 49.1 Å². The third-order valence-electron chi connectivity index (χ3n) is 5.82. The summed E-state index contributed by atoms with van der Waals surface area (Å²) >= 11 is 0. The predicted octanol–water partition coefficient (Wildman–Crippen LogP) is 2.67. The van der Waals surface area contributed by atoms with Gasteiger partial charge in [0.1, 0.15) is 11.6 Å². The molecule has 1 aliphatic rings. The van der Waals surface area contributed by atoms with E-state index in [1.807, 2.05) is 19.1 Å². The lowest BCUT2D eigenvalue weighted by Gasteiger charge is -2.26. The second kappa shape index (κ2) is 10.9. The number of hydrogen-bond acceptors (Lipinski definition) is 7. The molecule has 0 aliphatic heterocycles. The van der Waals surface area contributed by atoms with E-state index in [0.717, 1.165) is 38.3 Å². The molecule has 1 fully saturated rings. The molecule has 1 aliphatic carbocycles. The Labute approximate surface area is 188 Å². The molecule has 0 bridgehead atoms. The van der Waals surface area contributed by atoms with Gasteiger partial charge in [-0.15, -0.1) is 0 Å². The molecule has 3 rings (SSSR count). The van der Waals surface area contributed by atoms with Crippen LogP contribution in [0.5, 0.6) is 0 Å². The van der Waals surface area contributed by atoms with E-state index in [9.17, 15) is 18.3 Å². The highest BCUT2D eigenvalue weighted by Crippen LogP contribution is 2.29. The van der Waals surface area contributed by atoms with Gasteiger partial charge in [0.05, 0.1) is 18.6 Å². The van der Waals surface area contributed by atoms with Gasteiger partial charge in [-0.3, -0.25) is 14.5 Å². The number of carbonyl (C=O) groups is 1. The van der Waals surface area contributed by atoms with E-state index in [2.05, 4.69) is 20.0 Å². The molecule has 32 heavy (non-hydrogen) atoms. The van der Waals surface area contributed by atoms with Crippen LogP contribution in [0, 0.1) is 5.92 Å². The second-order valence-corrected chi connectivity index (χ2v) is 10.2. The molecule has 3 N–H and O–H groups in total. The van der Waals surface area contributed by atoms with Crippen molar-refractivity contribution in [1.29, 1.82) is 0 Å². The van der Waals surface area contributed by atoms with Gasteiger partial charge >= 0.3 is 0 Å². The summed E-state index contributed by atoms with van der Waals surface area (Å²) in [6.07, 6.45) is 7.46. The quantitative estimate of drug-likeness (QED) is 0.366. The van der Waals surface area contributed by atoms with Crippen molar-refractivity contribution in [2.24, 2.45) is 10.9 Å². The summed E-state index contributed by atoms with van der Waals surface area (Å²) in [5.41, 5.74) is 1.20. The lowest BCUT2D eigenvalue weighted by Crippen LogP contribution is -2.44. The average molecular weight is 465 g/mol. The first-order valence-electron chi connectivity index (χ1n) is 11.1. The molecular formula is C22H32N4O5S. The van der Waals surface area contributed by atoms with Gasteiger partial charge in [0.2, 0.25) is 21.8 Å². The van der Waals surface area contributed by atoms with Crippen LogP contribution in [-0.2, 0) is 14.8 Å². The van der Waals surface area contributed by atoms with Gasteiger partial charge < -0.3 is 14.8 Å². The van der Waals surface area contributed by atoms with Crippen molar-refractivity contribution >= 4 is 33.4 Å². The predicted molar refractivity (Wildman–Crippen MR) is 123 cm³/mol. The number of rotatable bonds is 10. The van der Waals surface area contributed by atoms with Gasteiger partial charge in [0.15, 0.2) is 11.7 Å². The minimum absolute atomic E-state index is 0.143. The van der Waals surface area contributed by atoms with Gasteiger partial charge in [-0.2, -0.15) is 0 Å². The summed E-state index contributed by atoms with van der Waals surface area (Å²) in [5.74, 6) is 0.144. The number of fused-ring (bicyclic) bond motifs is 1. The Balaban J connectivity index is 1.72. The summed E-state index contributed by atoms with van der Waals surface area (Å²) in [7, 11) is -3.46. The number of para-hydroxylation sites is 2. The van der Waals surface area contributed by atoms with Crippen LogP contribution in [0.25, 0.3) is 11.1 Å². The summed E-state index contributed by atoms with van der Waals surface area (Å²) in [4.78, 5) is 21.6. The lowest BCUT2D eigenvalue weighted by atomic mass is 9.84. The number of sulfonamides is 1. The molecule has 3 unspecified atom stereocenters. The van der Waals surface area contributed by atoms with E-state index in [0.29, 0.717) is 29.9 Å². The highest BCUT2D eigenvalue weighted by Gasteiger charge is 2.30. The number of benzene rings is 1. The maximum atomic E-state index is 13.1. The van der Waals surface area contributed by atoms with E-state index in [-0.39, 0.29) is 11.8 Å². The largest absolute Gasteiger partial charge is 0.438 e. The van der Waals surface area contributed by atoms with E-state index in [4.69, 9.17) is 4.42 Å². The summed E-state index contributed by atoms with van der Waals surface area (Å²) in [5, 5.41) is 13.7. The van der Waals surface area contributed by atoms with Gasteiger partial charge in [-0.05, 0) is 30.9 Å². The van der Waals surface area contributed by atoms with E-state index in [1.165, 1.54) is 6.42 Å². The van der Waals surface area contributed by atoms with Gasteiger partial charge in [0.25, 0.3) is 0 Å². The van der Waals surface area contributed by atoms with E-state index < -0.39 is 28.2 Å². The number of aliphatic hydroxyl groups is 1. The summed E-state index contributed by atoms with van der Waals surface area (Å²) < 4.78 is 30.6. The molecule has 1 heterocycles. The SMILES string of the molecule is CCC(NC(=O)C(CC1CCCCC1)N=CNS(C)(=O)=O)C(O)c1nc2ccccc2o1. The van der Waals surface area contributed by atoms with E-state index >= 15 is 0 Å². The Bertz CT molecular complexity index is 997. The zero-order chi connectivity index (χ0) is 23.1. The molecule has 1 aromatic carbocycles. The van der Waals surface area contributed by atoms with Crippen molar-refractivity contribution in [1.82, 2.24) is 15.0 Å². The molecule has 0 spiro atoms. The van der Waals surface area contributed by atoms with Gasteiger partial charge in [-0.25, -0.2) is 13.4 Å². The number of aromatic nitrogens is 1. The maximum Gasteiger partial charge on any atom is 0.245 e. The number of amides is 1. The first-order chi connectivity index (χ1) is 15.3. The van der Waals surface area contributed by atoms with Crippen molar-refractivity contribution in [3.05, 3.63) is 30.2 Å². The molecular weight excluding hydrogens is 432 g/mol. The number of oxazole rings is 1. The Morgan fingerprint density at radius 1 is 1.31 bits per heavy atom. The first-order valence-corrected chi connectivity index (χ1v) is 13.0. The number of aliphatic imine (C=N–C) groups is 1. The number of nitrogens with zero attached hydrogens (tertiary/aromatic N) is 2. The zero-order valence-electron chi connectivity index (χ0n) is 18.5. The molecule has 1 amide bonds. The Hall–Kier alpha value is -2.46. The third kappa shape index (κ3) is 6.77. The minimum Gasteiger partial charge on any atom is -0.438 e.